The molecule has 1 fully saturated rings. The Morgan fingerprint density at radius 1 is 1.34 bits per heavy atom. The zero-order chi connectivity index (χ0) is 20.4. The van der Waals surface area contributed by atoms with E-state index in [0.717, 1.165) is 44.0 Å². The van der Waals surface area contributed by atoms with Crippen LogP contribution in [0.25, 0.3) is 0 Å². The summed E-state index contributed by atoms with van der Waals surface area (Å²) in [5.41, 5.74) is 1.47. The fourth-order valence-electron chi connectivity index (χ4n) is 3.19. The summed E-state index contributed by atoms with van der Waals surface area (Å²) in [7, 11) is 3.21. The second-order valence-electron chi connectivity index (χ2n) is 6.92. The summed E-state index contributed by atoms with van der Waals surface area (Å²) in [4.78, 5) is 18.3. The number of piperidine rings is 1. The largest absolute Gasteiger partial charge is 0.380 e. The van der Waals surface area contributed by atoms with Crippen LogP contribution in [0.1, 0.15) is 30.9 Å². The third-order valence-electron chi connectivity index (χ3n) is 4.75. The Morgan fingerprint density at radius 3 is 2.69 bits per heavy atom. The van der Waals surface area contributed by atoms with E-state index >= 15 is 0 Å². The van der Waals surface area contributed by atoms with Crippen molar-refractivity contribution in [1.29, 1.82) is 0 Å². The maximum atomic E-state index is 13.7. The lowest BCUT2D eigenvalue weighted by Gasteiger charge is -2.32. The van der Waals surface area contributed by atoms with Crippen LogP contribution in [0.5, 0.6) is 0 Å². The molecule has 0 aliphatic carbocycles. The summed E-state index contributed by atoms with van der Waals surface area (Å²) >= 11 is 0. The van der Waals surface area contributed by atoms with Gasteiger partial charge in [0.05, 0.1) is 19.7 Å². The van der Waals surface area contributed by atoms with Crippen LogP contribution >= 0.6 is 24.0 Å². The number of likely N-dealkylation sites (N-methyl/N-ethyl adjacent to an activating group) is 1. The number of nitrogens with zero attached hydrogens (tertiary/aromatic N) is 2. The first-order chi connectivity index (χ1) is 13.5. The molecule has 3 N–H and O–H groups in total. The monoisotopic (exact) mass is 521 g/mol. The molecule has 1 aliphatic heterocycles. The molecule has 0 bridgehead atoms. The van der Waals surface area contributed by atoms with Gasteiger partial charge in [0.2, 0.25) is 5.91 Å². The zero-order valence-electron chi connectivity index (χ0n) is 17.5. The van der Waals surface area contributed by atoms with E-state index in [1.165, 1.54) is 6.07 Å². The Bertz CT molecular complexity index is 666. The Morgan fingerprint density at radius 2 is 2.07 bits per heavy atom. The SMILES string of the molecule is CCNC(=NCc1ccc(F)c(COC)c1)NC1CCN(CC(=O)NC)CC1.I. The number of benzene rings is 1. The van der Waals surface area contributed by atoms with Crippen LogP contribution in [0.15, 0.2) is 23.2 Å². The maximum Gasteiger partial charge on any atom is 0.233 e. The van der Waals surface area contributed by atoms with Crippen molar-refractivity contribution in [2.45, 2.75) is 39.0 Å². The van der Waals surface area contributed by atoms with E-state index in [1.54, 1.807) is 26.3 Å². The highest BCUT2D eigenvalue weighted by atomic mass is 127. The second kappa shape index (κ2) is 13.7. The van der Waals surface area contributed by atoms with Gasteiger partial charge in [0.25, 0.3) is 0 Å². The molecule has 0 radical (unpaired) electrons. The fraction of sp³-hybridized carbons (Fsp3) is 0.600. The number of guanidine groups is 1. The van der Waals surface area contributed by atoms with Gasteiger partial charge in [-0.05, 0) is 37.5 Å². The molecule has 29 heavy (non-hydrogen) atoms. The van der Waals surface area contributed by atoms with Crippen molar-refractivity contribution < 1.29 is 13.9 Å². The van der Waals surface area contributed by atoms with Gasteiger partial charge in [-0.25, -0.2) is 9.38 Å². The van der Waals surface area contributed by atoms with Crippen LogP contribution in [-0.2, 0) is 22.7 Å². The van der Waals surface area contributed by atoms with E-state index < -0.39 is 0 Å². The van der Waals surface area contributed by atoms with Crippen LogP contribution in [-0.4, -0.2) is 63.1 Å². The average molecular weight is 521 g/mol. The zero-order valence-corrected chi connectivity index (χ0v) is 19.8. The lowest BCUT2D eigenvalue weighted by molar-refractivity contribution is -0.122. The number of carbonyl (C=O) groups excluding carboxylic acids is 1. The second-order valence-corrected chi connectivity index (χ2v) is 6.92. The van der Waals surface area contributed by atoms with Gasteiger partial charge in [-0.3, -0.25) is 9.69 Å². The number of halogens is 2. The molecule has 164 valence electrons. The minimum Gasteiger partial charge on any atom is -0.380 e. The topological polar surface area (TPSA) is 78.0 Å². The smallest absolute Gasteiger partial charge is 0.233 e. The highest BCUT2D eigenvalue weighted by Gasteiger charge is 2.21. The van der Waals surface area contributed by atoms with Gasteiger partial charge < -0.3 is 20.7 Å². The van der Waals surface area contributed by atoms with Gasteiger partial charge in [-0.15, -0.1) is 24.0 Å². The third kappa shape index (κ3) is 8.83. The number of nitrogens with one attached hydrogen (secondary N) is 3. The van der Waals surface area contributed by atoms with E-state index in [-0.39, 0.29) is 42.3 Å². The highest BCUT2D eigenvalue weighted by Crippen LogP contribution is 2.13. The van der Waals surface area contributed by atoms with E-state index in [0.29, 0.717) is 24.7 Å². The van der Waals surface area contributed by atoms with Crippen LogP contribution in [0.4, 0.5) is 4.39 Å². The number of aliphatic imine (C=N–C) groups is 1. The number of rotatable bonds is 8. The molecule has 1 aromatic carbocycles. The molecule has 1 aliphatic rings. The van der Waals surface area contributed by atoms with Gasteiger partial charge in [0.1, 0.15) is 5.82 Å². The predicted octanol–water partition coefficient (Wildman–Crippen LogP) is 1.86. The van der Waals surface area contributed by atoms with Crippen LogP contribution in [0.3, 0.4) is 0 Å². The van der Waals surface area contributed by atoms with Crippen molar-refractivity contribution in [3.63, 3.8) is 0 Å². The Kier molecular flexibility index (Phi) is 12.1. The molecule has 1 heterocycles. The molecule has 0 aromatic heterocycles. The van der Waals surface area contributed by atoms with Gasteiger partial charge in [0.15, 0.2) is 5.96 Å². The molecule has 9 heteroatoms. The van der Waals surface area contributed by atoms with Crippen molar-refractivity contribution >= 4 is 35.8 Å². The number of hydrogen-bond donors (Lipinski definition) is 3. The first-order valence-corrected chi connectivity index (χ1v) is 9.79. The number of likely N-dealkylation sites (tertiary alicyclic amines) is 1. The minimum absolute atomic E-state index is 0. The highest BCUT2D eigenvalue weighted by molar-refractivity contribution is 14.0. The number of hydrogen-bond acceptors (Lipinski definition) is 4. The standard InChI is InChI=1S/C20H32FN5O2.HI/c1-4-23-20(24-12-15-5-6-18(21)16(11-15)14-28-3)25-17-7-9-26(10-8-17)13-19(27)22-2;/h5-6,11,17H,4,7-10,12-14H2,1-3H3,(H,22,27)(H2,23,24,25);1H. The van der Waals surface area contributed by atoms with Crippen LogP contribution in [0.2, 0.25) is 0 Å². The fourth-order valence-corrected chi connectivity index (χ4v) is 3.19. The lowest BCUT2D eigenvalue weighted by Crippen LogP contribution is -2.50. The molecular formula is C20H33FIN5O2. The van der Waals surface area contributed by atoms with E-state index in [2.05, 4.69) is 25.8 Å². The number of ether oxygens (including phenoxy) is 1. The number of carbonyl (C=O) groups is 1. The van der Waals surface area contributed by atoms with E-state index in [1.807, 2.05) is 6.92 Å². The first kappa shape index (κ1) is 25.6. The average Bonchev–Trinajstić information content (AvgIpc) is 2.70. The van der Waals surface area contributed by atoms with E-state index in [4.69, 9.17) is 4.74 Å². The molecule has 0 saturated carbocycles. The maximum absolute atomic E-state index is 13.7. The lowest BCUT2D eigenvalue weighted by atomic mass is 10.1. The molecule has 0 atom stereocenters. The molecule has 0 unspecified atom stereocenters. The van der Waals surface area contributed by atoms with Crippen LogP contribution < -0.4 is 16.0 Å². The van der Waals surface area contributed by atoms with Gasteiger partial charge in [-0.2, -0.15) is 0 Å². The molecule has 1 amide bonds. The summed E-state index contributed by atoms with van der Waals surface area (Å²) < 4.78 is 18.8. The molecule has 1 aromatic rings. The first-order valence-electron chi connectivity index (χ1n) is 9.79. The summed E-state index contributed by atoms with van der Waals surface area (Å²) in [5.74, 6) is 0.543. The molecular weight excluding hydrogens is 488 g/mol. The van der Waals surface area contributed by atoms with Crippen molar-refractivity contribution in [2.75, 3.05) is 40.3 Å². The Labute approximate surface area is 189 Å². The van der Waals surface area contributed by atoms with Gasteiger partial charge in [0, 0.05) is 45.4 Å². The molecule has 0 spiro atoms. The summed E-state index contributed by atoms with van der Waals surface area (Å²) in [6.45, 7) is 5.70. The van der Waals surface area contributed by atoms with Crippen molar-refractivity contribution in [3.05, 3.63) is 35.1 Å². The molecule has 7 nitrogen and oxygen atoms in total. The van der Waals surface area contributed by atoms with Crippen molar-refractivity contribution in [1.82, 2.24) is 20.9 Å². The predicted molar refractivity (Wildman–Crippen MR) is 124 cm³/mol. The van der Waals surface area contributed by atoms with Gasteiger partial charge in [-0.1, -0.05) is 6.07 Å². The summed E-state index contributed by atoms with van der Waals surface area (Å²) in [6.07, 6.45) is 1.91. The number of amides is 1. The third-order valence-corrected chi connectivity index (χ3v) is 4.75. The molecule has 1 saturated heterocycles. The Balaban J connectivity index is 0.00000420. The Hall–Kier alpha value is -1.46. The van der Waals surface area contributed by atoms with Crippen molar-refractivity contribution in [2.24, 2.45) is 4.99 Å². The normalized spacial score (nSPS) is 15.5. The quantitative estimate of drug-likeness (QED) is 0.277. The van der Waals surface area contributed by atoms with E-state index in [9.17, 15) is 9.18 Å². The van der Waals surface area contributed by atoms with Crippen molar-refractivity contribution in [3.8, 4) is 0 Å². The molecule has 2 rings (SSSR count). The number of methoxy groups -OCH3 is 1. The van der Waals surface area contributed by atoms with Crippen LogP contribution in [0, 0.1) is 5.82 Å². The summed E-state index contributed by atoms with van der Waals surface area (Å²) in [5, 5.41) is 9.41. The minimum atomic E-state index is -0.261. The van der Waals surface area contributed by atoms with Gasteiger partial charge >= 0.3 is 0 Å². The summed E-state index contributed by atoms with van der Waals surface area (Å²) in [6, 6.07) is 5.32.